The first-order valence-corrected chi connectivity index (χ1v) is 7.16. The Balaban J connectivity index is 2.85. The quantitative estimate of drug-likeness (QED) is 0.669. The Morgan fingerprint density at radius 3 is 2.88 bits per heavy atom. The van der Waals surface area contributed by atoms with E-state index in [0.717, 1.165) is 11.3 Å². The van der Waals surface area contributed by atoms with Crippen LogP contribution in [0, 0.1) is 0 Å². The summed E-state index contributed by atoms with van der Waals surface area (Å²) in [4.78, 5) is 11.3. The van der Waals surface area contributed by atoms with E-state index in [9.17, 15) is 9.00 Å². The molecule has 0 saturated carbocycles. The monoisotopic (exact) mass is 282 g/mol. The first-order chi connectivity index (χ1) is 7.36. The molecule has 1 rings (SSSR count). The zero-order valence-corrected chi connectivity index (χ0v) is 10.6. The molecule has 1 aromatic rings. The van der Waals surface area contributed by atoms with Crippen molar-refractivity contribution in [2.24, 2.45) is 5.73 Å². The standard InChI is InChI=1S/C8H11ClN2O3S2/c1-16(14,7-2-5(9)4-15-7)11-8(13)6(12)3-10/h2,4,6,12H,1,3,10H2,(H,11,13,14). The van der Waals surface area contributed by atoms with Crippen LogP contribution in [0.5, 0.6) is 0 Å². The Bertz CT molecular complexity index is 483. The smallest absolute Gasteiger partial charge is 0.261 e. The third-order valence-electron chi connectivity index (χ3n) is 1.66. The van der Waals surface area contributed by atoms with Gasteiger partial charge in [-0.15, -0.1) is 11.3 Å². The van der Waals surface area contributed by atoms with Gasteiger partial charge in [-0.3, -0.25) is 9.52 Å². The van der Waals surface area contributed by atoms with E-state index in [1.54, 1.807) is 5.38 Å². The van der Waals surface area contributed by atoms with Gasteiger partial charge in [0.05, 0.1) is 14.7 Å². The van der Waals surface area contributed by atoms with Gasteiger partial charge >= 0.3 is 0 Å². The lowest BCUT2D eigenvalue weighted by Gasteiger charge is -2.12. The zero-order valence-electron chi connectivity index (χ0n) is 8.18. The van der Waals surface area contributed by atoms with Crippen LogP contribution in [0.2, 0.25) is 5.02 Å². The van der Waals surface area contributed by atoms with Crippen molar-refractivity contribution in [1.29, 1.82) is 0 Å². The second-order valence-electron chi connectivity index (χ2n) is 2.98. The Labute approximate surface area is 102 Å². The molecule has 0 fully saturated rings. The minimum Gasteiger partial charge on any atom is -0.382 e. The average molecular weight is 283 g/mol. The molecule has 90 valence electrons. The number of carbonyl (C=O) groups is 1. The fraction of sp³-hybridized carbons (Fsp3) is 0.250. The number of aliphatic hydroxyl groups is 1. The third-order valence-corrected chi connectivity index (χ3v) is 5.12. The minimum absolute atomic E-state index is 0.244. The Hall–Kier alpha value is -0.600. The number of nitrogens with two attached hydrogens (primary N) is 1. The summed E-state index contributed by atoms with van der Waals surface area (Å²) in [5.41, 5.74) is 5.09. The summed E-state index contributed by atoms with van der Waals surface area (Å²) >= 11 is 6.79. The van der Waals surface area contributed by atoms with Crippen LogP contribution >= 0.6 is 22.9 Å². The van der Waals surface area contributed by atoms with Crippen LogP contribution in [-0.2, 0) is 14.5 Å². The van der Waals surface area contributed by atoms with Crippen molar-refractivity contribution in [2.75, 3.05) is 6.54 Å². The van der Waals surface area contributed by atoms with E-state index in [4.69, 9.17) is 22.4 Å². The summed E-state index contributed by atoms with van der Waals surface area (Å²) < 4.78 is 14.5. The number of hydrogen-bond acceptors (Lipinski definition) is 5. The lowest BCUT2D eigenvalue weighted by molar-refractivity contribution is -0.126. The highest BCUT2D eigenvalue weighted by Crippen LogP contribution is 2.23. The number of rotatable bonds is 4. The number of halogens is 1. The van der Waals surface area contributed by atoms with E-state index in [0.29, 0.717) is 9.23 Å². The average Bonchev–Trinajstić information content (AvgIpc) is 2.63. The molecule has 4 N–H and O–H groups in total. The predicted molar refractivity (Wildman–Crippen MR) is 66.1 cm³/mol. The molecule has 2 atom stereocenters. The zero-order chi connectivity index (χ0) is 12.3. The predicted octanol–water partition coefficient (Wildman–Crippen LogP) is -0.172. The van der Waals surface area contributed by atoms with Crippen LogP contribution in [-0.4, -0.2) is 33.7 Å². The van der Waals surface area contributed by atoms with Crippen molar-refractivity contribution >= 4 is 44.4 Å². The largest absolute Gasteiger partial charge is 0.382 e. The van der Waals surface area contributed by atoms with Crippen LogP contribution in [0.4, 0.5) is 0 Å². The van der Waals surface area contributed by atoms with Crippen molar-refractivity contribution < 1.29 is 14.1 Å². The molecule has 8 heteroatoms. The molecule has 0 aliphatic carbocycles. The number of hydrogen-bond donors (Lipinski definition) is 3. The fourth-order valence-electron chi connectivity index (χ4n) is 0.856. The summed E-state index contributed by atoms with van der Waals surface area (Å²) in [6.07, 6.45) is -1.39. The Morgan fingerprint density at radius 1 is 1.81 bits per heavy atom. The molecule has 0 aromatic carbocycles. The van der Waals surface area contributed by atoms with Crippen LogP contribution in [0.25, 0.3) is 0 Å². The van der Waals surface area contributed by atoms with E-state index in [1.807, 2.05) is 0 Å². The summed E-state index contributed by atoms with van der Waals surface area (Å²) in [5, 5.41) is 11.1. The second-order valence-corrected chi connectivity index (χ2v) is 6.58. The van der Waals surface area contributed by atoms with Gasteiger partial charge in [-0.2, -0.15) is 0 Å². The maximum atomic E-state index is 12.0. The second kappa shape index (κ2) is 5.15. The van der Waals surface area contributed by atoms with E-state index < -0.39 is 21.7 Å². The van der Waals surface area contributed by atoms with Gasteiger partial charge in [-0.25, -0.2) is 4.21 Å². The number of nitrogens with one attached hydrogen (secondary N) is 1. The topological polar surface area (TPSA) is 92.4 Å². The first kappa shape index (κ1) is 13.5. The van der Waals surface area contributed by atoms with Crippen molar-refractivity contribution in [2.45, 2.75) is 10.3 Å². The normalized spacial score (nSPS) is 16.4. The molecule has 1 amide bonds. The Morgan fingerprint density at radius 2 is 2.44 bits per heavy atom. The number of amides is 1. The molecule has 0 spiro atoms. The van der Waals surface area contributed by atoms with Crippen LogP contribution in [0.15, 0.2) is 15.7 Å². The minimum atomic E-state index is -2.97. The van der Waals surface area contributed by atoms with Gasteiger partial charge < -0.3 is 10.8 Å². The molecule has 0 bridgehead atoms. The molecule has 2 unspecified atom stereocenters. The Kier molecular flexibility index (Phi) is 4.34. The molecule has 5 nitrogen and oxygen atoms in total. The van der Waals surface area contributed by atoms with E-state index in [-0.39, 0.29) is 6.54 Å². The summed E-state index contributed by atoms with van der Waals surface area (Å²) in [7, 11) is -2.97. The van der Waals surface area contributed by atoms with Crippen molar-refractivity contribution in [1.82, 2.24) is 4.72 Å². The molecule has 16 heavy (non-hydrogen) atoms. The van der Waals surface area contributed by atoms with Gasteiger partial charge in [0.1, 0.15) is 10.3 Å². The molecule has 0 aliphatic heterocycles. The number of thiophene rings is 1. The van der Waals surface area contributed by atoms with Gasteiger partial charge in [0.2, 0.25) is 0 Å². The molecule has 0 aliphatic rings. The van der Waals surface area contributed by atoms with Crippen LogP contribution in [0.3, 0.4) is 0 Å². The molecule has 0 radical (unpaired) electrons. The van der Waals surface area contributed by atoms with Crippen molar-refractivity contribution in [3.63, 3.8) is 0 Å². The molecule has 1 heterocycles. The summed E-state index contributed by atoms with van der Waals surface area (Å²) in [6.45, 7) is -0.244. The molecule has 0 saturated heterocycles. The molecular weight excluding hydrogens is 272 g/mol. The highest BCUT2D eigenvalue weighted by molar-refractivity contribution is 8.00. The van der Waals surface area contributed by atoms with Gasteiger partial charge in [0, 0.05) is 11.9 Å². The highest BCUT2D eigenvalue weighted by Gasteiger charge is 2.19. The number of aliphatic hydroxyl groups excluding tert-OH is 1. The summed E-state index contributed by atoms with van der Waals surface area (Å²) in [6, 6.07) is 1.46. The van der Waals surface area contributed by atoms with Gasteiger partial charge in [0.15, 0.2) is 0 Å². The van der Waals surface area contributed by atoms with E-state index in [1.165, 1.54) is 6.07 Å². The van der Waals surface area contributed by atoms with Gasteiger partial charge in [-0.1, -0.05) is 11.6 Å². The SMILES string of the molecule is C=S(=O)(NC(=O)C(O)CN)c1cc(Cl)cs1. The first-order valence-electron chi connectivity index (χ1n) is 4.18. The summed E-state index contributed by atoms with van der Waals surface area (Å²) in [5.74, 6) is 2.59. The van der Waals surface area contributed by atoms with E-state index >= 15 is 0 Å². The third kappa shape index (κ3) is 3.19. The molecular formula is C8H11ClN2O3S2. The maximum absolute atomic E-state index is 12.0. The highest BCUT2D eigenvalue weighted by atomic mass is 35.5. The van der Waals surface area contributed by atoms with Gasteiger partial charge in [0.25, 0.3) is 5.91 Å². The van der Waals surface area contributed by atoms with Crippen LogP contribution in [0.1, 0.15) is 0 Å². The van der Waals surface area contributed by atoms with Crippen molar-refractivity contribution in [3.8, 4) is 0 Å². The molecule has 1 aromatic heterocycles. The lowest BCUT2D eigenvalue weighted by atomic mass is 10.3. The number of carbonyl (C=O) groups excluding carboxylic acids is 1. The van der Waals surface area contributed by atoms with Crippen LogP contribution < -0.4 is 10.5 Å². The van der Waals surface area contributed by atoms with Gasteiger partial charge in [-0.05, 0) is 11.9 Å². The lowest BCUT2D eigenvalue weighted by Crippen LogP contribution is -2.41. The van der Waals surface area contributed by atoms with Crippen molar-refractivity contribution in [3.05, 3.63) is 16.5 Å². The fourth-order valence-corrected chi connectivity index (χ4v) is 3.49. The maximum Gasteiger partial charge on any atom is 0.261 e. The van der Waals surface area contributed by atoms with E-state index in [2.05, 4.69) is 10.6 Å².